The van der Waals surface area contributed by atoms with Gasteiger partial charge in [-0.3, -0.25) is 4.79 Å². The molecule has 0 atom stereocenters. The molecule has 1 N–H and O–H groups in total. The topological polar surface area (TPSA) is 60.5 Å². The first-order valence-corrected chi connectivity index (χ1v) is 6.14. The quantitative estimate of drug-likeness (QED) is 0.904. The van der Waals surface area contributed by atoms with E-state index in [0.717, 1.165) is 11.3 Å². The largest absolute Gasteiger partial charge is 0.497 e. The Balaban J connectivity index is 1.97. The third-order valence-electron chi connectivity index (χ3n) is 2.79. The average Bonchev–Trinajstić information content (AvgIpc) is 2.53. The van der Waals surface area contributed by atoms with Crippen molar-refractivity contribution >= 4 is 5.91 Å². The van der Waals surface area contributed by atoms with Gasteiger partial charge in [0.15, 0.2) is 0 Å². The molecule has 5 nitrogen and oxygen atoms in total. The molecule has 0 unspecified atom stereocenters. The standard InChI is InChI=1S/C15H16N2O3/c1-19-13-5-3-4-11(8-13)9-17-15(18)12-6-7-14(20-2)16-10-12/h3-8,10H,9H2,1-2H3,(H,17,18). The van der Waals surface area contributed by atoms with Crippen LogP contribution in [0.15, 0.2) is 42.6 Å². The van der Waals surface area contributed by atoms with Crippen LogP contribution in [0.4, 0.5) is 0 Å². The summed E-state index contributed by atoms with van der Waals surface area (Å²) in [7, 11) is 3.14. The number of rotatable bonds is 5. The smallest absolute Gasteiger partial charge is 0.253 e. The van der Waals surface area contributed by atoms with E-state index in [2.05, 4.69) is 10.3 Å². The van der Waals surface area contributed by atoms with E-state index in [0.29, 0.717) is 18.0 Å². The minimum atomic E-state index is -0.178. The molecule has 0 saturated carbocycles. The van der Waals surface area contributed by atoms with Crippen LogP contribution in [0.3, 0.4) is 0 Å². The second-order valence-electron chi connectivity index (χ2n) is 4.12. The van der Waals surface area contributed by atoms with Crippen LogP contribution < -0.4 is 14.8 Å². The van der Waals surface area contributed by atoms with Crippen molar-refractivity contribution in [2.45, 2.75) is 6.54 Å². The highest BCUT2D eigenvalue weighted by molar-refractivity contribution is 5.93. The van der Waals surface area contributed by atoms with E-state index in [1.54, 1.807) is 19.2 Å². The van der Waals surface area contributed by atoms with Crippen molar-refractivity contribution in [3.8, 4) is 11.6 Å². The van der Waals surface area contributed by atoms with E-state index in [9.17, 15) is 4.79 Å². The number of carbonyl (C=O) groups is 1. The van der Waals surface area contributed by atoms with E-state index in [4.69, 9.17) is 9.47 Å². The molecule has 104 valence electrons. The predicted octanol–water partition coefficient (Wildman–Crippen LogP) is 2.03. The molecule has 1 aromatic heterocycles. The number of hydrogen-bond donors (Lipinski definition) is 1. The van der Waals surface area contributed by atoms with Gasteiger partial charge in [0.25, 0.3) is 5.91 Å². The molecule has 1 heterocycles. The second kappa shape index (κ2) is 6.56. The zero-order valence-electron chi connectivity index (χ0n) is 11.4. The van der Waals surface area contributed by atoms with Gasteiger partial charge < -0.3 is 14.8 Å². The average molecular weight is 272 g/mol. The van der Waals surface area contributed by atoms with Crippen LogP contribution in [-0.4, -0.2) is 25.1 Å². The van der Waals surface area contributed by atoms with Gasteiger partial charge in [0.05, 0.1) is 19.8 Å². The van der Waals surface area contributed by atoms with Crippen LogP contribution in [-0.2, 0) is 6.54 Å². The first kappa shape index (κ1) is 13.9. The molecule has 0 saturated heterocycles. The van der Waals surface area contributed by atoms with Gasteiger partial charge in [-0.15, -0.1) is 0 Å². The van der Waals surface area contributed by atoms with Gasteiger partial charge in [0, 0.05) is 18.8 Å². The van der Waals surface area contributed by atoms with Crippen LogP contribution >= 0.6 is 0 Å². The van der Waals surface area contributed by atoms with Crippen LogP contribution in [0.25, 0.3) is 0 Å². The molecule has 0 bridgehead atoms. The van der Waals surface area contributed by atoms with E-state index in [1.165, 1.54) is 13.3 Å². The predicted molar refractivity (Wildman–Crippen MR) is 75.0 cm³/mol. The molecule has 0 aliphatic rings. The molecule has 0 fully saturated rings. The molecule has 1 amide bonds. The Kier molecular flexibility index (Phi) is 4.55. The van der Waals surface area contributed by atoms with Gasteiger partial charge in [-0.25, -0.2) is 4.98 Å². The summed E-state index contributed by atoms with van der Waals surface area (Å²) >= 11 is 0. The van der Waals surface area contributed by atoms with Crippen molar-refractivity contribution < 1.29 is 14.3 Å². The summed E-state index contributed by atoms with van der Waals surface area (Å²) in [6.45, 7) is 0.433. The third-order valence-corrected chi connectivity index (χ3v) is 2.79. The Bertz CT molecular complexity index is 582. The van der Waals surface area contributed by atoms with Gasteiger partial charge in [0.2, 0.25) is 5.88 Å². The maximum Gasteiger partial charge on any atom is 0.253 e. The number of carbonyl (C=O) groups excluding carboxylic acids is 1. The normalized spacial score (nSPS) is 9.90. The van der Waals surface area contributed by atoms with Crippen molar-refractivity contribution in [1.82, 2.24) is 10.3 Å². The number of methoxy groups -OCH3 is 2. The van der Waals surface area contributed by atoms with Gasteiger partial charge in [-0.05, 0) is 23.8 Å². The summed E-state index contributed by atoms with van der Waals surface area (Å²) in [4.78, 5) is 15.9. The molecule has 1 aromatic carbocycles. The Hall–Kier alpha value is -2.56. The summed E-state index contributed by atoms with van der Waals surface area (Å²) in [6, 6.07) is 10.9. The van der Waals surface area contributed by atoms with E-state index in [-0.39, 0.29) is 5.91 Å². The zero-order chi connectivity index (χ0) is 14.4. The van der Waals surface area contributed by atoms with Crippen LogP contribution in [0, 0.1) is 0 Å². The van der Waals surface area contributed by atoms with Crippen molar-refractivity contribution in [1.29, 1.82) is 0 Å². The maximum atomic E-state index is 11.9. The molecule has 20 heavy (non-hydrogen) atoms. The molecule has 5 heteroatoms. The number of ether oxygens (including phenoxy) is 2. The lowest BCUT2D eigenvalue weighted by Gasteiger charge is -2.07. The highest BCUT2D eigenvalue weighted by Gasteiger charge is 2.06. The number of aromatic nitrogens is 1. The van der Waals surface area contributed by atoms with Crippen molar-refractivity contribution in [3.05, 3.63) is 53.7 Å². The number of nitrogens with zero attached hydrogens (tertiary/aromatic N) is 1. The summed E-state index contributed by atoms with van der Waals surface area (Å²) in [5, 5.41) is 2.83. The molecule has 0 radical (unpaired) electrons. The van der Waals surface area contributed by atoms with Crippen molar-refractivity contribution in [3.63, 3.8) is 0 Å². The summed E-state index contributed by atoms with van der Waals surface area (Å²) in [6.07, 6.45) is 1.49. The highest BCUT2D eigenvalue weighted by Crippen LogP contribution is 2.12. The minimum Gasteiger partial charge on any atom is -0.497 e. The molecule has 0 spiro atoms. The lowest BCUT2D eigenvalue weighted by atomic mass is 10.2. The molecule has 2 rings (SSSR count). The summed E-state index contributed by atoms with van der Waals surface area (Å²) < 4.78 is 10.1. The van der Waals surface area contributed by atoms with Gasteiger partial charge in [0.1, 0.15) is 5.75 Å². The Morgan fingerprint density at radius 1 is 1.20 bits per heavy atom. The van der Waals surface area contributed by atoms with E-state index < -0.39 is 0 Å². The summed E-state index contributed by atoms with van der Waals surface area (Å²) in [5.41, 5.74) is 1.47. The number of amides is 1. The second-order valence-corrected chi connectivity index (χ2v) is 4.12. The monoisotopic (exact) mass is 272 g/mol. The Labute approximate surface area is 117 Å². The lowest BCUT2D eigenvalue weighted by molar-refractivity contribution is 0.0950. The lowest BCUT2D eigenvalue weighted by Crippen LogP contribution is -2.22. The number of benzene rings is 1. The molecular weight excluding hydrogens is 256 g/mol. The molecule has 0 aliphatic heterocycles. The number of nitrogens with one attached hydrogen (secondary N) is 1. The molecule has 2 aromatic rings. The maximum absolute atomic E-state index is 11.9. The van der Waals surface area contributed by atoms with Gasteiger partial charge in [-0.2, -0.15) is 0 Å². The molecule has 0 aliphatic carbocycles. The fourth-order valence-corrected chi connectivity index (χ4v) is 1.70. The fourth-order valence-electron chi connectivity index (χ4n) is 1.70. The van der Waals surface area contributed by atoms with Crippen LogP contribution in [0.2, 0.25) is 0 Å². The van der Waals surface area contributed by atoms with Gasteiger partial charge >= 0.3 is 0 Å². The summed E-state index contributed by atoms with van der Waals surface area (Å²) in [5.74, 6) is 1.07. The SMILES string of the molecule is COc1cccc(CNC(=O)c2ccc(OC)nc2)c1. The number of pyridine rings is 1. The number of hydrogen-bond acceptors (Lipinski definition) is 4. The fraction of sp³-hybridized carbons (Fsp3) is 0.200. The van der Waals surface area contributed by atoms with E-state index >= 15 is 0 Å². The van der Waals surface area contributed by atoms with Crippen molar-refractivity contribution in [2.24, 2.45) is 0 Å². The van der Waals surface area contributed by atoms with Crippen molar-refractivity contribution in [2.75, 3.05) is 14.2 Å². The third kappa shape index (κ3) is 3.47. The van der Waals surface area contributed by atoms with Gasteiger partial charge in [-0.1, -0.05) is 12.1 Å². The first-order chi connectivity index (χ1) is 9.72. The highest BCUT2D eigenvalue weighted by atomic mass is 16.5. The Morgan fingerprint density at radius 3 is 2.70 bits per heavy atom. The zero-order valence-corrected chi connectivity index (χ0v) is 11.4. The Morgan fingerprint density at radius 2 is 2.05 bits per heavy atom. The minimum absolute atomic E-state index is 0.178. The van der Waals surface area contributed by atoms with Crippen LogP contribution in [0.1, 0.15) is 15.9 Å². The first-order valence-electron chi connectivity index (χ1n) is 6.14. The van der Waals surface area contributed by atoms with Crippen LogP contribution in [0.5, 0.6) is 11.6 Å². The molecular formula is C15H16N2O3. The van der Waals surface area contributed by atoms with E-state index in [1.807, 2.05) is 24.3 Å².